The van der Waals surface area contributed by atoms with Gasteiger partial charge >= 0.3 is 0 Å². The van der Waals surface area contributed by atoms with Crippen molar-refractivity contribution in [3.05, 3.63) is 0 Å². The lowest BCUT2D eigenvalue weighted by Crippen LogP contribution is -2.44. The van der Waals surface area contributed by atoms with Crippen LogP contribution in [-0.2, 0) is 4.79 Å². The topological polar surface area (TPSA) is 20.3 Å². The van der Waals surface area contributed by atoms with E-state index >= 15 is 0 Å². The van der Waals surface area contributed by atoms with Crippen LogP contribution in [0.3, 0.4) is 0 Å². The minimum Gasteiger partial charge on any atom is -0.340 e. The van der Waals surface area contributed by atoms with Crippen molar-refractivity contribution in [2.24, 2.45) is 5.92 Å². The molecule has 1 amide bonds. The van der Waals surface area contributed by atoms with Crippen LogP contribution in [0.25, 0.3) is 0 Å². The first-order valence-corrected chi connectivity index (χ1v) is 8.70. The standard InChI is InChI=1S/C16H28ClNO/c17-12-11-15-8-4-5-13-18(15)16(19)10-9-14-6-2-1-3-7-14/h14-15H,1-13H2. The number of nitrogens with zero attached hydrogens (tertiary/aromatic N) is 1. The van der Waals surface area contributed by atoms with Crippen LogP contribution < -0.4 is 0 Å². The predicted molar refractivity (Wildman–Crippen MR) is 80.5 cm³/mol. The minimum absolute atomic E-state index is 0.389. The Hall–Kier alpha value is -0.240. The molecule has 19 heavy (non-hydrogen) atoms. The fourth-order valence-electron chi connectivity index (χ4n) is 3.70. The molecule has 0 aromatic heterocycles. The Bertz CT molecular complexity index is 274. The molecule has 1 aliphatic heterocycles. The van der Waals surface area contributed by atoms with Crippen molar-refractivity contribution >= 4 is 17.5 Å². The van der Waals surface area contributed by atoms with Crippen LogP contribution >= 0.6 is 11.6 Å². The van der Waals surface area contributed by atoms with Gasteiger partial charge in [0.05, 0.1) is 0 Å². The van der Waals surface area contributed by atoms with Gasteiger partial charge in [0.25, 0.3) is 0 Å². The van der Waals surface area contributed by atoms with Crippen molar-refractivity contribution in [1.29, 1.82) is 0 Å². The van der Waals surface area contributed by atoms with Gasteiger partial charge in [-0.25, -0.2) is 0 Å². The highest BCUT2D eigenvalue weighted by molar-refractivity contribution is 6.17. The molecular formula is C16H28ClNO. The van der Waals surface area contributed by atoms with E-state index in [9.17, 15) is 4.79 Å². The fourth-order valence-corrected chi connectivity index (χ4v) is 3.95. The molecule has 1 atom stereocenters. The van der Waals surface area contributed by atoms with Gasteiger partial charge in [0, 0.05) is 24.9 Å². The van der Waals surface area contributed by atoms with E-state index in [0.29, 0.717) is 17.8 Å². The highest BCUT2D eigenvalue weighted by Crippen LogP contribution is 2.28. The molecule has 1 aliphatic carbocycles. The minimum atomic E-state index is 0.389. The summed E-state index contributed by atoms with van der Waals surface area (Å²) in [6.07, 6.45) is 13.3. The van der Waals surface area contributed by atoms with E-state index in [2.05, 4.69) is 4.90 Å². The second-order valence-corrected chi connectivity index (χ2v) is 6.64. The third-order valence-electron chi connectivity index (χ3n) is 4.88. The van der Waals surface area contributed by atoms with Gasteiger partial charge in [-0.3, -0.25) is 4.79 Å². The number of hydrogen-bond acceptors (Lipinski definition) is 1. The Morgan fingerprint density at radius 2 is 1.74 bits per heavy atom. The molecule has 110 valence electrons. The number of rotatable bonds is 5. The molecule has 2 aliphatic rings. The van der Waals surface area contributed by atoms with Crippen LogP contribution in [0.4, 0.5) is 0 Å². The molecule has 1 saturated heterocycles. The summed E-state index contributed by atoms with van der Waals surface area (Å²) in [5.41, 5.74) is 0. The zero-order chi connectivity index (χ0) is 13.5. The average Bonchev–Trinajstić information content (AvgIpc) is 2.47. The molecule has 2 fully saturated rings. The van der Waals surface area contributed by atoms with E-state index in [1.54, 1.807) is 0 Å². The lowest BCUT2D eigenvalue weighted by molar-refractivity contribution is -0.135. The quantitative estimate of drug-likeness (QED) is 0.688. The third-order valence-corrected chi connectivity index (χ3v) is 5.10. The van der Waals surface area contributed by atoms with E-state index < -0.39 is 0 Å². The van der Waals surface area contributed by atoms with Gasteiger partial charge in [0.2, 0.25) is 5.91 Å². The van der Waals surface area contributed by atoms with E-state index in [-0.39, 0.29) is 0 Å². The Labute approximate surface area is 122 Å². The first-order valence-electron chi connectivity index (χ1n) is 8.16. The maximum atomic E-state index is 12.4. The van der Waals surface area contributed by atoms with E-state index in [1.807, 2.05) is 0 Å². The van der Waals surface area contributed by atoms with Crippen LogP contribution in [0.5, 0.6) is 0 Å². The van der Waals surface area contributed by atoms with Gasteiger partial charge in [-0.05, 0) is 38.0 Å². The number of amides is 1. The van der Waals surface area contributed by atoms with Crippen LogP contribution in [0.1, 0.15) is 70.6 Å². The summed E-state index contributed by atoms with van der Waals surface area (Å²) < 4.78 is 0. The van der Waals surface area contributed by atoms with Gasteiger partial charge in [-0.15, -0.1) is 11.6 Å². The van der Waals surface area contributed by atoms with Crippen LogP contribution in [0.2, 0.25) is 0 Å². The molecule has 1 heterocycles. The largest absolute Gasteiger partial charge is 0.340 e. The maximum Gasteiger partial charge on any atom is 0.222 e. The summed E-state index contributed by atoms with van der Waals surface area (Å²) in [6, 6.07) is 0.421. The SMILES string of the molecule is O=C(CCC1CCCCC1)N1CCCCC1CCCl. The van der Waals surface area contributed by atoms with Crippen molar-refractivity contribution < 1.29 is 4.79 Å². The van der Waals surface area contributed by atoms with Gasteiger partial charge in [-0.1, -0.05) is 32.1 Å². The van der Waals surface area contributed by atoms with Crippen molar-refractivity contribution in [1.82, 2.24) is 4.90 Å². The zero-order valence-corrected chi connectivity index (χ0v) is 12.8. The molecule has 2 rings (SSSR count). The molecule has 0 aromatic rings. The van der Waals surface area contributed by atoms with Crippen molar-refractivity contribution in [2.45, 2.75) is 76.7 Å². The zero-order valence-electron chi connectivity index (χ0n) is 12.1. The molecule has 0 aromatic carbocycles. The summed E-state index contributed by atoms with van der Waals surface area (Å²) in [5, 5.41) is 0. The molecule has 0 spiro atoms. The maximum absolute atomic E-state index is 12.4. The molecule has 3 heteroatoms. The number of likely N-dealkylation sites (tertiary alicyclic amines) is 1. The summed E-state index contributed by atoms with van der Waals surface area (Å²) in [7, 11) is 0. The molecule has 0 radical (unpaired) electrons. The van der Waals surface area contributed by atoms with Gasteiger partial charge in [0.15, 0.2) is 0 Å². The number of hydrogen-bond donors (Lipinski definition) is 0. The van der Waals surface area contributed by atoms with E-state index in [0.717, 1.165) is 38.1 Å². The first-order chi connectivity index (χ1) is 9.31. The second kappa shape index (κ2) is 8.14. The molecular weight excluding hydrogens is 258 g/mol. The molecule has 0 bridgehead atoms. The van der Waals surface area contributed by atoms with Crippen LogP contribution in [-0.4, -0.2) is 29.3 Å². The second-order valence-electron chi connectivity index (χ2n) is 6.26. The highest BCUT2D eigenvalue weighted by atomic mass is 35.5. The summed E-state index contributed by atoms with van der Waals surface area (Å²) in [4.78, 5) is 14.5. The number of carbonyl (C=O) groups excluding carboxylic acids is 1. The fraction of sp³-hybridized carbons (Fsp3) is 0.938. The van der Waals surface area contributed by atoms with E-state index in [4.69, 9.17) is 11.6 Å². The lowest BCUT2D eigenvalue weighted by atomic mass is 9.86. The van der Waals surface area contributed by atoms with Gasteiger partial charge in [-0.2, -0.15) is 0 Å². The van der Waals surface area contributed by atoms with Crippen molar-refractivity contribution in [2.75, 3.05) is 12.4 Å². The lowest BCUT2D eigenvalue weighted by Gasteiger charge is -2.36. The van der Waals surface area contributed by atoms with Gasteiger partial charge in [0.1, 0.15) is 0 Å². The molecule has 0 N–H and O–H groups in total. The first kappa shape index (κ1) is 15.2. The van der Waals surface area contributed by atoms with Crippen LogP contribution in [0.15, 0.2) is 0 Å². The summed E-state index contributed by atoms with van der Waals surface area (Å²) in [5.74, 6) is 1.88. The smallest absolute Gasteiger partial charge is 0.222 e. The molecule has 1 saturated carbocycles. The number of carbonyl (C=O) groups is 1. The number of piperidine rings is 1. The Morgan fingerprint density at radius 1 is 1.00 bits per heavy atom. The van der Waals surface area contributed by atoms with E-state index in [1.165, 1.54) is 44.9 Å². The predicted octanol–water partition coefficient (Wildman–Crippen LogP) is 4.36. The average molecular weight is 286 g/mol. The molecule has 2 nitrogen and oxygen atoms in total. The normalized spacial score (nSPS) is 25.5. The van der Waals surface area contributed by atoms with Gasteiger partial charge < -0.3 is 4.90 Å². The van der Waals surface area contributed by atoms with Crippen molar-refractivity contribution in [3.8, 4) is 0 Å². The third kappa shape index (κ3) is 4.66. The Morgan fingerprint density at radius 3 is 2.47 bits per heavy atom. The summed E-state index contributed by atoms with van der Waals surface area (Å²) >= 11 is 5.87. The Balaban J connectivity index is 1.76. The monoisotopic (exact) mass is 285 g/mol. The number of halogens is 1. The Kier molecular flexibility index (Phi) is 6.49. The van der Waals surface area contributed by atoms with Crippen molar-refractivity contribution in [3.63, 3.8) is 0 Å². The van der Waals surface area contributed by atoms with Crippen LogP contribution in [0, 0.1) is 5.92 Å². The highest BCUT2D eigenvalue weighted by Gasteiger charge is 2.26. The molecule has 1 unspecified atom stereocenters. The number of alkyl halides is 1. The summed E-state index contributed by atoms with van der Waals surface area (Å²) in [6.45, 7) is 0.963.